The van der Waals surface area contributed by atoms with Crippen LogP contribution in [-0.2, 0) is 17.6 Å². The molecular weight excluding hydrogens is 326 g/mol. The second-order valence-electron chi connectivity index (χ2n) is 7.72. The maximum Gasteiger partial charge on any atom is 0.253 e. The molecule has 1 saturated heterocycles. The van der Waals surface area contributed by atoms with Crippen LogP contribution in [0.1, 0.15) is 54.2 Å². The molecule has 0 atom stereocenters. The average Bonchev–Trinajstić information content (AvgIpc) is 3.04. The number of hydrogen-bond donors (Lipinski definition) is 2. The minimum absolute atomic E-state index is 0.0200. The van der Waals surface area contributed by atoms with Crippen LogP contribution < -0.4 is 5.32 Å². The van der Waals surface area contributed by atoms with Crippen molar-refractivity contribution in [3.05, 3.63) is 35.0 Å². The molecule has 0 bridgehead atoms. The first-order valence-corrected chi connectivity index (χ1v) is 9.79. The number of nitrogens with zero attached hydrogens (tertiary/aromatic N) is 1. The zero-order chi connectivity index (χ0) is 18.1. The largest absolute Gasteiger partial charge is 0.358 e. The molecule has 0 radical (unpaired) electrons. The number of aromatic nitrogens is 1. The van der Waals surface area contributed by atoms with Gasteiger partial charge in [0.25, 0.3) is 5.91 Å². The third-order valence-electron chi connectivity index (χ3n) is 5.89. The fraction of sp³-hybridized carbons (Fsp3) is 0.524. The summed E-state index contributed by atoms with van der Waals surface area (Å²) in [5.74, 6) is 0.629. The van der Waals surface area contributed by atoms with Crippen molar-refractivity contribution in [2.45, 2.75) is 45.4 Å². The number of nitrogens with one attached hydrogen (secondary N) is 2. The molecule has 1 aromatic heterocycles. The van der Waals surface area contributed by atoms with E-state index in [1.165, 1.54) is 29.5 Å². The molecule has 2 aromatic rings. The van der Waals surface area contributed by atoms with Crippen molar-refractivity contribution in [1.82, 2.24) is 15.2 Å². The third kappa shape index (κ3) is 3.35. The lowest BCUT2D eigenvalue weighted by Crippen LogP contribution is -2.41. The van der Waals surface area contributed by atoms with E-state index in [0.29, 0.717) is 5.92 Å². The summed E-state index contributed by atoms with van der Waals surface area (Å²) in [5.41, 5.74) is 4.72. The maximum absolute atomic E-state index is 13.0. The SMILES string of the molecule is CC(=O)NCC1CCN(C(=O)c2ccc3[nH]c4c(c3c2)CCCC4)CC1. The zero-order valence-corrected chi connectivity index (χ0v) is 15.4. The van der Waals surface area contributed by atoms with E-state index < -0.39 is 0 Å². The van der Waals surface area contributed by atoms with E-state index in [4.69, 9.17) is 0 Å². The Labute approximate surface area is 154 Å². The number of benzene rings is 1. The van der Waals surface area contributed by atoms with Crippen molar-refractivity contribution in [3.8, 4) is 0 Å². The van der Waals surface area contributed by atoms with Crippen molar-refractivity contribution < 1.29 is 9.59 Å². The fourth-order valence-corrected chi connectivity index (χ4v) is 4.35. The minimum Gasteiger partial charge on any atom is -0.358 e. The molecule has 4 rings (SSSR count). The molecule has 138 valence electrons. The summed E-state index contributed by atoms with van der Waals surface area (Å²) in [6.45, 7) is 3.81. The monoisotopic (exact) mass is 353 g/mol. The van der Waals surface area contributed by atoms with Gasteiger partial charge in [-0.15, -0.1) is 0 Å². The molecule has 0 saturated carbocycles. The number of rotatable bonds is 3. The Bertz CT molecular complexity index is 831. The number of hydrogen-bond acceptors (Lipinski definition) is 2. The van der Waals surface area contributed by atoms with Gasteiger partial charge in [-0.2, -0.15) is 0 Å². The van der Waals surface area contributed by atoms with Gasteiger partial charge in [0.15, 0.2) is 0 Å². The Balaban J connectivity index is 1.46. The van der Waals surface area contributed by atoms with E-state index in [0.717, 1.165) is 56.4 Å². The maximum atomic E-state index is 13.0. The van der Waals surface area contributed by atoms with Crippen molar-refractivity contribution in [1.29, 1.82) is 0 Å². The Morgan fingerprint density at radius 2 is 1.96 bits per heavy atom. The standard InChI is InChI=1S/C21H27N3O2/c1-14(25)22-13-15-8-10-24(11-9-15)21(26)16-6-7-20-18(12-16)17-4-2-3-5-19(17)23-20/h6-7,12,15,23H,2-5,8-11,13H2,1H3,(H,22,25). The average molecular weight is 353 g/mol. The van der Waals surface area contributed by atoms with Crippen molar-refractivity contribution in [2.24, 2.45) is 5.92 Å². The lowest BCUT2D eigenvalue weighted by Gasteiger charge is -2.32. The van der Waals surface area contributed by atoms with Gasteiger partial charge in [0.05, 0.1) is 0 Å². The Kier molecular flexibility index (Phi) is 4.70. The number of H-pyrrole nitrogens is 1. The molecule has 1 aliphatic heterocycles. The van der Waals surface area contributed by atoms with E-state index in [2.05, 4.69) is 22.4 Å². The summed E-state index contributed by atoms with van der Waals surface area (Å²) >= 11 is 0. The van der Waals surface area contributed by atoms with Crippen LogP contribution in [0.15, 0.2) is 18.2 Å². The summed E-state index contributed by atoms with van der Waals surface area (Å²) in [7, 11) is 0. The van der Waals surface area contributed by atoms with E-state index in [-0.39, 0.29) is 11.8 Å². The van der Waals surface area contributed by atoms with Gasteiger partial charge in [0.2, 0.25) is 5.91 Å². The predicted octanol–water partition coefficient (Wildman–Crippen LogP) is 3.04. The quantitative estimate of drug-likeness (QED) is 0.891. The highest BCUT2D eigenvalue weighted by atomic mass is 16.2. The molecule has 1 fully saturated rings. The number of aromatic amines is 1. The zero-order valence-electron chi connectivity index (χ0n) is 15.4. The first-order chi connectivity index (χ1) is 12.6. The number of likely N-dealkylation sites (tertiary alicyclic amines) is 1. The highest BCUT2D eigenvalue weighted by Gasteiger charge is 2.24. The molecule has 2 heterocycles. The normalized spacial score (nSPS) is 18.0. The smallest absolute Gasteiger partial charge is 0.253 e. The van der Waals surface area contributed by atoms with Gasteiger partial charge in [-0.3, -0.25) is 9.59 Å². The summed E-state index contributed by atoms with van der Waals surface area (Å²) in [4.78, 5) is 29.5. The number of carbonyl (C=O) groups is 2. The number of aryl methyl sites for hydroxylation is 2. The lowest BCUT2D eigenvalue weighted by atomic mass is 9.94. The van der Waals surface area contributed by atoms with Crippen LogP contribution >= 0.6 is 0 Å². The van der Waals surface area contributed by atoms with Crippen LogP contribution in [-0.4, -0.2) is 41.3 Å². The number of carbonyl (C=O) groups excluding carboxylic acids is 2. The van der Waals surface area contributed by atoms with Gasteiger partial charge >= 0.3 is 0 Å². The van der Waals surface area contributed by atoms with Crippen molar-refractivity contribution in [3.63, 3.8) is 0 Å². The lowest BCUT2D eigenvalue weighted by molar-refractivity contribution is -0.119. The van der Waals surface area contributed by atoms with Crippen LogP contribution in [0.3, 0.4) is 0 Å². The summed E-state index contributed by atoms with van der Waals surface area (Å²) in [5, 5.41) is 4.12. The third-order valence-corrected chi connectivity index (χ3v) is 5.89. The van der Waals surface area contributed by atoms with Crippen LogP contribution in [0.2, 0.25) is 0 Å². The molecule has 1 aromatic carbocycles. The number of piperidine rings is 1. The van der Waals surface area contributed by atoms with Crippen LogP contribution in [0.5, 0.6) is 0 Å². The van der Waals surface area contributed by atoms with E-state index in [1.54, 1.807) is 6.92 Å². The van der Waals surface area contributed by atoms with Gasteiger partial charge in [0, 0.05) is 48.7 Å². The summed E-state index contributed by atoms with van der Waals surface area (Å²) in [6.07, 6.45) is 6.62. The van der Waals surface area contributed by atoms with Crippen molar-refractivity contribution in [2.75, 3.05) is 19.6 Å². The number of fused-ring (bicyclic) bond motifs is 3. The van der Waals surface area contributed by atoms with E-state index in [9.17, 15) is 9.59 Å². The first-order valence-electron chi connectivity index (χ1n) is 9.79. The molecule has 5 heteroatoms. The highest BCUT2D eigenvalue weighted by Crippen LogP contribution is 2.30. The molecule has 0 unspecified atom stereocenters. The molecule has 0 spiro atoms. The predicted molar refractivity (Wildman–Crippen MR) is 102 cm³/mol. The topological polar surface area (TPSA) is 65.2 Å². The van der Waals surface area contributed by atoms with E-state index >= 15 is 0 Å². The molecule has 1 aliphatic carbocycles. The molecule has 26 heavy (non-hydrogen) atoms. The molecular formula is C21H27N3O2. The van der Waals surface area contributed by atoms with Gasteiger partial charge in [-0.25, -0.2) is 0 Å². The van der Waals surface area contributed by atoms with Gasteiger partial charge in [-0.05, 0) is 68.2 Å². The Morgan fingerprint density at radius 3 is 2.73 bits per heavy atom. The summed E-state index contributed by atoms with van der Waals surface area (Å²) < 4.78 is 0. The Hall–Kier alpha value is -2.30. The van der Waals surface area contributed by atoms with Gasteiger partial charge in [-0.1, -0.05) is 0 Å². The number of amides is 2. The van der Waals surface area contributed by atoms with E-state index in [1.807, 2.05) is 11.0 Å². The molecule has 2 amide bonds. The van der Waals surface area contributed by atoms with Crippen LogP contribution in [0.4, 0.5) is 0 Å². The molecule has 2 aliphatic rings. The molecule has 2 N–H and O–H groups in total. The fourth-order valence-electron chi connectivity index (χ4n) is 4.35. The van der Waals surface area contributed by atoms with Crippen molar-refractivity contribution >= 4 is 22.7 Å². The summed E-state index contributed by atoms with van der Waals surface area (Å²) in [6, 6.07) is 6.10. The van der Waals surface area contributed by atoms with Crippen LogP contribution in [0, 0.1) is 5.92 Å². The Morgan fingerprint density at radius 1 is 1.19 bits per heavy atom. The van der Waals surface area contributed by atoms with Crippen LogP contribution in [0.25, 0.3) is 10.9 Å². The first kappa shape index (κ1) is 17.1. The molecule has 5 nitrogen and oxygen atoms in total. The highest BCUT2D eigenvalue weighted by molar-refractivity contribution is 5.99. The second kappa shape index (κ2) is 7.14. The second-order valence-corrected chi connectivity index (χ2v) is 7.72. The van der Waals surface area contributed by atoms with Gasteiger partial charge in [0.1, 0.15) is 0 Å². The minimum atomic E-state index is 0.0200. The van der Waals surface area contributed by atoms with Gasteiger partial charge < -0.3 is 15.2 Å².